The first kappa shape index (κ1) is 26.4. The number of carbonyl (C=O) groups is 6. The van der Waals surface area contributed by atoms with Crippen LogP contribution < -0.4 is 0 Å². The SMILES string of the molecule is C/C=C/C=C\C(=O)C[C@]12C(=O)C(O)=C(C)C(=O)[C@H]1[C@H](C(=O)/C=C/C=C/C)C1=C2C(O)=C(C)C(=O)C1=O. The Hall–Kier alpha value is -4.20. The van der Waals surface area contributed by atoms with E-state index >= 15 is 0 Å². The van der Waals surface area contributed by atoms with Crippen LogP contribution in [0.3, 0.4) is 0 Å². The van der Waals surface area contributed by atoms with Crippen LogP contribution in [0.15, 0.2) is 82.4 Å². The Labute approximate surface area is 207 Å². The lowest BCUT2D eigenvalue weighted by molar-refractivity contribution is -0.142. The van der Waals surface area contributed by atoms with Gasteiger partial charge in [0.1, 0.15) is 5.76 Å². The fraction of sp³-hybridized carbons (Fsp3) is 0.286. The van der Waals surface area contributed by atoms with Gasteiger partial charge in [0.25, 0.3) is 0 Å². The van der Waals surface area contributed by atoms with Crippen molar-refractivity contribution >= 4 is 34.7 Å². The molecule has 8 nitrogen and oxygen atoms in total. The Balaban J connectivity index is 2.42. The number of carbonyl (C=O) groups excluding carboxylic acids is 6. The van der Waals surface area contributed by atoms with Gasteiger partial charge in [0.05, 0.1) is 17.3 Å². The van der Waals surface area contributed by atoms with E-state index in [0.717, 1.165) is 12.2 Å². The summed E-state index contributed by atoms with van der Waals surface area (Å²) in [4.78, 5) is 79.5. The van der Waals surface area contributed by atoms with Crippen LogP contribution >= 0.6 is 0 Å². The normalized spacial score (nSPS) is 27.0. The summed E-state index contributed by atoms with van der Waals surface area (Å²) in [6.07, 6.45) is 10.7. The molecule has 3 aliphatic carbocycles. The molecular formula is C28H26O8. The molecule has 0 radical (unpaired) electrons. The van der Waals surface area contributed by atoms with E-state index in [9.17, 15) is 39.0 Å². The average Bonchev–Trinajstić information content (AvgIpc) is 3.15. The number of hydrogen-bond acceptors (Lipinski definition) is 8. The zero-order valence-corrected chi connectivity index (χ0v) is 20.3. The second-order valence-electron chi connectivity index (χ2n) is 8.83. The van der Waals surface area contributed by atoms with Gasteiger partial charge in [0, 0.05) is 28.7 Å². The first-order valence-corrected chi connectivity index (χ1v) is 11.3. The van der Waals surface area contributed by atoms with Crippen molar-refractivity contribution in [2.45, 2.75) is 34.1 Å². The summed E-state index contributed by atoms with van der Waals surface area (Å²) in [6.45, 7) is 5.81. The maximum absolute atomic E-state index is 13.7. The fourth-order valence-corrected chi connectivity index (χ4v) is 5.10. The third-order valence-electron chi connectivity index (χ3n) is 6.81. The van der Waals surface area contributed by atoms with Crippen molar-refractivity contribution in [3.05, 3.63) is 82.4 Å². The van der Waals surface area contributed by atoms with Crippen LogP contribution in [0.2, 0.25) is 0 Å². The lowest BCUT2D eigenvalue weighted by Gasteiger charge is -2.39. The third kappa shape index (κ3) is 3.79. The summed E-state index contributed by atoms with van der Waals surface area (Å²) in [6, 6.07) is 0. The van der Waals surface area contributed by atoms with E-state index in [0.29, 0.717) is 0 Å². The molecule has 8 heteroatoms. The molecule has 0 saturated carbocycles. The molecule has 36 heavy (non-hydrogen) atoms. The minimum Gasteiger partial charge on any atom is -0.507 e. The second kappa shape index (κ2) is 9.81. The summed E-state index contributed by atoms with van der Waals surface area (Å²) in [5.41, 5.74) is -3.86. The topological polar surface area (TPSA) is 143 Å². The van der Waals surface area contributed by atoms with Crippen molar-refractivity contribution in [3.8, 4) is 0 Å². The standard InChI is InChI=1S/C28H26O8/c1-5-7-9-11-16(29)13-28-20(23(32)15(4)25(34)27(28)36)18(17(30)12-10-8-6-2)19-21(28)22(31)14(3)24(33)26(19)35/h5-12,18,20,31,34H,13H2,1-4H3/b7-5+,8-6+,11-9-,12-10+/t18-,20-,28+/m1/s1. The Bertz CT molecular complexity index is 1320. The van der Waals surface area contributed by atoms with E-state index in [1.54, 1.807) is 32.1 Å². The van der Waals surface area contributed by atoms with Crippen LogP contribution in [0.25, 0.3) is 0 Å². The number of rotatable bonds is 7. The van der Waals surface area contributed by atoms with Gasteiger partial charge in [-0.15, -0.1) is 0 Å². The van der Waals surface area contributed by atoms with E-state index in [1.807, 2.05) is 0 Å². The lowest BCUT2D eigenvalue weighted by atomic mass is 9.59. The Morgan fingerprint density at radius 2 is 1.42 bits per heavy atom. The molecule has 186 valence electrons. The van der Waals surface area contributed by atoms with Crippen LogP contribution in [-0.4, -0.2) is 44.9 Å². The molecule has 0 unspecified atom stereocenters. The highest BCUT2D eigenvalue weighted by Crippen LogP contribution is 2.61. The van der Waals surface area contributed by atoms with Gasteiger partial charge in [0.2, 0.25) is 17.3 Å². The highest BCUT2D eigenvalue weighted by Gasteiger charge is 2.68. The van der Waals surface area contributed by atoms with Gasteiger partial charge >= 0.3 is 0 Å². The molecule has 3 rings (SSSR count). The van der Waals surface area contributed by atoms with Crippen LogP contribution in [-0.2, 0) is 28.8 Å². The smallest absolute Gasteiger partial charge is 0.232 e. The molecule has 0 spiro atoms. The van der Waals surface area contributed by atoms with Crippen LogP contribution in [0.1, 0.15) is 34.1 Å². The van der Waals surface area contributed by atoms with Gasteiger partial charge in [-0.2, -0.15) is 0 Å². The van der Waals surface area contributed by atoms with Gasteiger partial charge in [-0.05, 0) is 39.8 Å². The Kier molecular flexibility index (Phi) is 7.20. The van der Waals surface area contributed by atoms with Gasteiger partial charge in [0.15, 0.2) is 23.1 Å². The molecule has 2 N–H and O–H groups in total. The minimum absolute atomic E-state index is 0.327. The van der Waals surface area contributed by atoms with Gasteiger partial charge < -0.3 is 10.2 Å². The molecular weight excluding hydrogens is 464 g/mol. The molecule has 3 aliphatic rings. The van der Waals surface area contributed by atoms with Gasteiger partial charge in [-0.3, -0.25) is 28.8 Å². The highest BCUT2D eigenvalue weighted by molar-refractivity contribution is 6.51. The van der Waals surface area contributed by atoms with Crippen molar-refractivity contribution < 1.29 is 39.0 Å². The molecule has 0 aromatic rings. The summed E-state index contributed by atoms with van der Waals surface area (Å²) < 4.78 is 0. The number of hydrogen-bond donors (Lipinski definition) is 2. The maximum atomic E-state index is 13.7. The van der Waals surface area contributed by atoms with Crippen LogP contribution in [0.4, 0.5) is 0 Å². The van der Waals surface area contributed by atoms with Crippen molar-refractivity contribution in [3.63, 3.8) is 0 Å². The average molecular weight is 491 g/mol. The zero-order valence-electron chi connectivity index (χ0n) is 20.3. The molecule has 0 bridgehead atoms. The monoisotopic (exact) mass is 490 g/mol. The quantitative estimate of drug-likeness (QED) is 0.240. The largest absolute Gasteiger partial charge is 0.507 e. The van der Waals surface area contributed by atoms with Gasteiger partial charge in [-0.1, -0.05) is 36.5 Å². The second-order valence-corrected chi connectivity index (χ2v) is 8.83. The van der Waals surface area contributed by atoms with Crippen LogP contribution in [0, 0.1) is 17.3 Å². The number of ketones is 6. The molecule has 0 fully saturated rings. The zero-order chi connectivity index (χ0) is 26.9. The first-order valence-electron chi connectivity index (χ1n) is 11.3. The molecule has 0 aromatic heterocycles. The molecule has 3 atom stereocenters. The van der Waals surface area contributed by atoms with E-state index in [4.69, 9.17) is 0 Å². The minimum atomic E-state index is -2.25. The van der Waals surface area contributed by atoms with E-state index in [1.165, 1.54) is 32.1 Å². The molecule has 0 aliphatic heterocycles. The molecule has 0 saturated heterocycles. The van der Waals surface area contributed by atoms with E-state index in [-0.39, 0.29) is 11.1 Å². The maximum Gasteiger partial charge on any atom is 0.232 e. The van der Waals surface area contributed by atoms with Gasteiger partial charge in [-0.25, -0.2) is 0 Å². The summed E-state index contributed by atoms with van der Waals surface area (Å²) in [7, 11) is 0. The van der Waals surface area contributed by atoms with Crippen molar-refractivity contribution in [1.82, 2.24) is 0 Å². The predicted octanol–water partition coefficient (Wildman–Crippen LogP) is 3.28. The van der Waals surface area contributed by atoms with E-state index < -0.39 is 81.0 Å². The first-order chi connectivity index (χ1) is 17.0. The number of aliphatic hydroxyl groups excluding tert-OH is 2. The third-order valence-corrected chi connectivity index (χ3v) is 6.81. The van der Waals surface area contributed by atoms with Crippen molar-refractivity contribution in [1.29, 1.82) is 0 Å². The molecule has 0 amide bonds. The Morgan fingerprint density at radius 1 is 0.833 bits per heavy atom. The van der Waals surface area contributed by atoms with E-state index in [2.05, 4.69) is 0 Å². The van der Waals surface area contributed by atoms with Crippen molar-refractivity contribution in [2.24, 2.45) is 17.3 Å². The number of allylic oxidation sites excluding steroid dienone is 13. The lowest BCUT2D eigenvalue weighted by Crippen LogP contribution is -2.50. The summed E-state index contributed by atoms with van der Waals surface area (Å²) in [5, 5.41) is 21.6. The fourth-order valence-electron chi connectivity index (χ4n) is 5.10. The Morgan fingerprint density at radius 3 is 2.00 bits per heavy atom. The number of Topliss-reactive ketones (excluding diaryl/α,β-unsaturated/α-hetero) is 4. The molecule has 0 aromatic carbocycles. The summed E-state index contributed by atoms with van der Waals surface area (Å²) >= 11 is 0. The number of fused-ring (bicyclic) bond motifs is 2. The van der Waals surface area contributed by atoms with Crippen LogP contribution in [0.5, 0.6) is 0 Å². The highest BCUT2D eigenvalue weighted by atomic mass is 16.3. The number of aliphatic hydroxyl groups is 2. The van der Waals surface area contributed by atoms with Crippen molar-refractivity contribution in [2.75, 3.05) is 0 Å². The summed E-state index contributed by atoms with van der Waals surface area (Å²) in [5.74, 6) is -10.4. The molecule has 0 heterocycles. The predicted molar refractivity (Wildman–Crippen MR) is 130 cm³/mol.